The van der Waals surface area contributed by atoms with E-state index in [-0.39, 0.29) is 17.6 Å². The van der Waals surface area contributed by atoms with Crippen LogP contribution in [0.5, 0.6) is 0 Å². The molecule has 0 radical (unpaired) electrons. The summed E-state index contributed by atoms with van der Waals surface area (Å²) in [6.45, 7) is 5.35. The van der Waals surface area contributed by atoms with Gasteiger partial charge in [0.05, 0.1) is 12.6 Å². The summed E-state index contributed by atoms with van der Waals surface area (Å²) in [4.78, 5) is 0. The van der Waals surface area contributed by atoms with E-state index in [0.717, 1.165) is 6.42 Å². The summed E-state index contributed by atoms with van der Waals surface area (Å²) in [5.41, 5.74) is -0.256. The molecule has 1 rings (SSSR count). The first kappa shape index (κ1) is 15.7. The van der Waals surface area contributed by atoms with Crippen molar-refractivity contribution in [3.63, 3.8) is 0 Å². The summed E-state index contributed by atoms with van der Waals surface area (Å²) in [7, 11) is 0. The van der Waals surface area contributed by atoms with Gasteiger partial charge in [-0.15, -0.1) is 0 Å². The summed E-state index contributed by atoms with van der Waals surface area (Å²) in [5.74, 6) is -3.97. The molecular formula is C12H21F4NO. The lowest BCUT2D eigenvalue weighted by Crippen LogP contribution is -2.63. The number of halogens is 4. The fourth-order valence-electron chi connectivity index (χ4n) is 2.40. The molecule has 1 fully saturated rings. The molecule has 0 aliphatic heterocycles. The average Bonchev–Trinajstić information content (AvgIpc) is 2.31. The SMILES string of the molecule is CCOC1CC(NCC(F)(F)C(F)F)C1(C)CC. The fourth-order valence-corrected chi connectivity index (χ4v) is 2.40. The molecule has 0 aromatic carbocycles. The smallest absolute Gasteiger partial charge is 0.319 e. The van der Waals surface area contributed by atoms with Crippen LogP contribution in [0.25, 0.3) is 0 Å². The van der Waals surface area contributed by atoms with Gasteiger partial charge in [-0.3, -0.25) is 0 Å². The lowest BCUT2D eigenvalue weighted by Gasteiger charge is -2.54. The Hall–Kier alpha value is -0.360. The molecule has 108 valence electrons. The molecule has 0 heterocycles. The Morgan fingerprint density at radius 2 is 2.00 bits per heavy atom. The number of hydrogen-bond acceptors (Lipinski definition) is 2. The number of rotatable bonds is 7. The van der Waals surface area contributed by atoms with Gasteiger partial charge in [-0.05, 0) is 19.8 Å². The quantitative estimate of drug-likeness (QED) is 0.718. The van der Waals surface area contributed by atoms with Crippen molar-refractivity contribution in [3.8, 4) is 0 Å². The molecule has 18 heavy (non-hydrogen) atoms. The summed E-state index contributed by atoms with van der Waals surface area (Å²) in [5, 5.41) is 2.56. The van der Waals surface area contributed by atoms with Crippen LogP contribution in [-0.4, -0.2) is 37.6 Å². The topological polar surface area (TPSA) is 21.3 Å². The van der Waals surface area contributed by atoms with Crippen molar-refractivity contribution in [1.82, 2.24) is 5.32 Å². The van der Waals surface area contributed by atoms with Gasteiger partial charge in [0.1, 0.15) is 0 Å². The van der Waals surface area contributed by atoms with Gasteiger partial charge >= 0.3 is 12.3 Å². The zero-order valence-electron chi connectivity index (χ0n) is 11.0. The molecule has 1 aliphatic rings. The Kier molecular flexibility index (Phi) is 5.00. The Labute approximate surface area is 105 Å². The summed E-state index contributed by atoms with van der Waals surface area (Å²) < 4.78 is 55.3. The highest BCUT2D eigenvalue weighted by atomic mass is 19.3. The highest BCUT2D eigenvalue weighted by Gasteiger charge is 2.52. The lowest BCUT2D eigenvalue weighted by atomic mass is 9.61. The van der Waals surface area contributed by atoms with Gasteiger partial charge in [0, 0.05) is 18.1 Å². The van der Waals surface area contributed by atoms with E-state index in [9.17, 15) is 17.6 Å². The molecular weight excluding hydrogens is 250 g/mol. The van der Waals surface area contributed by atoms with E-state index >= 15 is 0 Å². The van der Waals surface area contributed by atoms with E-state index in [2.05, 4.69) is 5.32 Å². The van der Waals surface area contributed by atoms with Crippen LogP contribution in [-0.2, 0) is 4.74 Å². The molecule has 2 nitrogen and oxygen atoms in total. The largest absolute Gasteiger partial charge is 0.378 e. The Morgan fingerprint density at radius 1 is 1.39 bits per heavy atom. The van der Waals surface area contributed by atoms with Crippen molar-refractivity contribution in [2.24, 2.45) is 5.41 Å². The minimum Gasteiger partial charge on any atom is -0.378 e. The van der Waals surface area contributed by atoms with Gasteiger partial charge < -0.3 is 10.1 Å². The van der Waals surface area contributed by atoms with Crippen molar-refractivity contribution in [2.75, 3.05) is 13.2 Å². The van der Waals surface area contributed by atoms with E-state index in [0.29, 0.717) is 13.0 Å². The Balaban J connectivity index is 2.50. The summed E-state index contributed by atoms with van der Waals surface area (Å²) >= 11 is 0. The van der Waals surface area contributed by atoms with Crippen LogP contribution in [0.3, 0.4) is 0 Å². The average molecular weight is 271 g/mol. The number of hydrogen-bond donors (Lipinski definition) is 1. The maximum Gasteiger partial charge on any atom is 0.319 e. The first-order valence-corrected chi connectivity index (χ1v) is 6.28. The van der Waals surface area contributed by atoms with Gasteiger partial charge in [-0.1, -0.05) is 13.8 Å². The van der Waals surface area contributed by atoms with Crippen molar-refractivity contribution in [1.29, 1.82) is 0 Å². The van der Waals surface area contributed by atoms with Crippen molar-refractivity contribution in [2.45, 2.75) is 58.1 Å². The second kappa shape index (κ2) is 5.74. The molecule has 3 atom stereocenters. The molecule has 1 aliphatic carbocycles. The highest BCUT2D eigenvalue weighted by molar-refractivity contribution is 5.05. The fraction of sp³-hybridized carbons (Fsp3) is 1.00. The van der Waals surface area contributed by atoms with Crippen LogP contribution in [0.15, 0.2) is 0 Å². The minimum atomic E-state index is -3.97. The van der Waals surface area contributed by atoms with Gasteiger partial charge in [0.2, 0.25) is 0 Å². The molecule has 6 heteroatoms. The van der Waals surface area contributed by atoms with Crippen LogP contribution < -0.4 is 5.32 Å². The third-order valence-corrected chi connectivity index (χ3v) is 4.01. The molecule has 1 saturated carbocycles. The van der Waals surface area contributed by atoms with Crippen LogP contribution in [0.2, 0.25) is 0 Å². The predicted molar refractivity (Wildman–Crippen MR) is 61.2 cm³/mol. The van der Waals surface area contributed by atoms with E-state index in [4.69, 9.17) is 4.74 Å². The summed E-state index contributed by atoms with van der Waals surface area (Å²) in [6.07, 6.45) is -2.25. The maximum atomic E-state index is 12.8. The zero-order valence-corrected chi connectivity index (χ0v) is 11.0. The van der Waals surface area contributed by atoms with Crippen LogP contribution in [0, 0.1) is 5.41 Å². The molecule has 0 saturated heterocycles. The number of alkyl halides is 4. The van der Waals surface area contributed by atoms with Gasteiger partial charge in [-0.2, -0.15) is 8.78 Å². The maximum absolute atomic E-state index is 12.8. The van der Waals surface area contributed by atoms with Crippen molar-refractivity contribution >= 4 is 0 Å². The second-order valence-electron chi connectivity index (χ2n) is 5.03. The van der Waals surface area contributed by atoms with E-state index in [1.807, 2.05) is 20.8 Å². The first-order chi connectivity index (χ1) is 8.28. The standard InChI is InChI=1S/C12H21F4NO/c1-4-11(3)8(6-9(11)18-5-2)17-7-12(15,16)10(13)14/h8-10,17H,4-7H2,1-3H3. The van der Waals surface area contributed by atoms with Gasteiger partial charge in [0.15, 0.2) is 0 Å². The molecule has 0 amide bonds. The normalized spacial score (nSPS) is 32.7. The van der Waals surface area contributed by atoms with Crippen LogP contribution in [0.1, 0.15) is 33.6 Å². The Bertz CT molecular complexity index is 275. The molecule has 1 N–H and O–H groups in total. The third-order valence-electron chi connectivity index (χ3n) is 4.01. The minimum absolute atomic E-state index is 0.0187. The van der Waals surface area contributed by atoms with E-state index < -0.39 is 18.9 Å². The first-order valence-electron chi connectivity index (χ1n) is 6.28. The van der Waals surface area contributed by atoms with Crippen molar-refractivity contribution < 1.29 is 22.3 Å². The molecule has 0 bridgehead atoms. The van der Waals surface area contributed by atoms with Crippen molar-refractivity contribution in [3.05, 3.63) is 0 Å². The molecule has 0 spiro atoms. The van der Waals surface area contributed by atoms with Gasteiger partial charge in [-0.25, -0.2) is 8.78 Å². The second-order valence-corrected chi connectivity index (χ2v) is 5.03. The molecule has 3 unspecified atom stereocenters. The Morgan fingerprint density at radius 3 is 2.44 bits per heavy atom. The lowest BCUT2D eigenvalue weighted by molar-refractivity contribution is -0.150. The van der Waals surface area contributed by atoms with E-state index in [1.165, 1.54) is 0 Å². The highest BCUT2D eigenvalue weighted by Crippen LogP contribution is 2.46. The zero-order chi connectivity index (χ0) is 14.0. The monoisotopic (exact) mass is 271 g/mol. The predicted octanol–water partition coefficient (Wildman–Crippen LogP) is 3.07. The number of ether oxygens (including phenoxy) is 1. The van der Waals surface area contributed by atoms with Crippen LogP contribution in [0.4, 0.5) is 17.6 Å². The third kappa shape index (κ3) is 2.96. The summed E-state index contributed by atoms with van der Waals surface area (Å²) in [6, 6.07) is -0.191. The van der Waals surface area contributed by atoms with E-state index in [1.54, 1.807) is 0 Å². The number of nitrogens with one attached hydrogen (secondary N) is 1. The van der Waals surface area contributed by atoms with Crippen LogP contribution >= 0.6 is 0 Å². The molecule has 0 aromatic rings. The molecule has 0 aromatic heterocycles. The van der Waals surface area contributed by atoms with Gasteiger partial charge in [0.25, 0.3) is 0 Å².